The number of aryl methyl sites for hydroxylation is 1. The van der Waals surface area contributed by atoms with Gasteiger partial charge in [0.15, 0.2) is 5.65 Å². The van der Waals surface area contributed by atoms with Crippen LogP contribution in [0.4, 0.5) is 4.39 Å². The van der Waals surface area contributed by atoms with Crippen LogP contribution in [0.1, 0.15) is 5.69 Å². The summed E-state index contributed by atoms with van der Waals surface area (Å²) in [5, 5.41) is 8.53. The quantitative estimate of drug-likeness (QED) is 0.533. The molecular weight excluding hydrogens is 283 g/mol. The van der Waals surface area contributed by atoms with Crippen LogP contribution in [0.15, 0.2) is 49.2 Å². The number of fused-ring (bicyclic) bond motifs is 1. The van der Waals surface area contributed by atoms with Crippen molar-refractivity contribution in [1.29, 1.82) is 0 Å². The first-order valence-corrected chi connectivity index (χ1v) is 6.69. The van der Waals surface area contributed by atoms with Gasteiger partial charge in [0.2, 0.25) is 5.95 Å². The van der Waals surface area contributed by atoms with E-state index in [0.717, 1.165) is 11.4 Å². The van der Waals surface area contributed by atoms with Gasteiger partial charge < -0.3 is 0 Å². The molecule has 4 heterocycles. The van der Waals surface area contributed by atoms with Gasteiger partial charge >= 0.3 is 0 Å². The lowest BCUT2D eigenvalue weighted by molar-refractivity contribution is 0.587. The number of hydrogen-bond acceptors (Lipinski definition) is 4. The Kier molecular flexibility index (Phi) is 2.72. The summed E-state index contributed by atoms with van der Waals surface area (Å²) in [6, 6.07) is 5.24. The number of aromatic nitrogens is 6. The summed E-state index contributed by atoms with van der Waals surface area (Å²) >= 11 is 0. The van der Waals surface area contributed by atoms with E-state index in [1.54, 1.807) is 39.9 Å². The molecule has 0 unspecified atom stereocenters. The average molecular weight is 294 g/mol. The third-order valence-corrected chi connectivity index (χ3v) is 3.39. The van der Waals surface area contributed by atoms with Gasteiger partial charge in [-0.3, -0.25) is 0 Å². The van der Waals surface area contributed by atoms with Crippen molar-refractivity contribution in [2.75, 3.05) is 0 Å². The Morgan fingerprint density at radius 2 is 2.05 bits per heavy atom. The first kappa shape index (κ1) is 12.6. The van der Waals surface area contributed by atoms with Crippen LogP contribution in [-0.4, -0.2) is 29.4 Å². The molecule has 0 bridgehead atoms. The molecule has 0 saturated carbocycles. The topological polar surface area (TPSA) is 60.9 Å². The van der Waals surface area contributed by atoms with Gasteiger partial charge in [0.05, 0.1) is 12.4 Å². The summed E-state index contributed by atoms with van der Waals surface area (Å²) in [7, 11) is 0. The van der Waals surface area contributed by atoms with Crippen molar-refractivity contribution < 1.29 is 4.39 Å². The number of nitrogens with zero attached hydrogens (tertiary/aromatic N) is 6. The van der Waals surface area contributed by atoms with Gasteiger partial charge in [-0.1, -0.05) is 0 Å². The van der Waals surface area contributed by atoms with Gasteiger partial charge in [0.25, 0.3) is 0 Å². The highest BCUT2D eigenvalue weighted by Crippen LogP contribution is 2.22. The Balaban J connectivity index is 1.84. The van der Waals surface area contributed by atoms with Crippen molar-refractivity contribution in [3.05, 3.63) is 60.8 Å². The predicted molar refractivity (Wildman–Crippen MR) is 78.0 cm³/mol. The second kappa shape index (κ2) is 4.73. The zero-order valence-electron chi connectivity index (χ0n) is 11.7. The third kappa shape index (κ3) is 1.95. The molecule has 0 radical (unpaired) electrons. The maximum absolute atomic E-state index is 13.8. The second-order valence-electron chi connectivity index (χ2n) is 4.88. The second-order valence-corrected chi connectivity index (χ2v) is 4.88. The Morgan fingerprint density at radius 1 is 1.14 bits per heavy atom. The minimum atomic E-state index is -0.518. The summed E-state index contributed by atoms with van der Waals surface area (Å²) in [4.78, 5) is 8.12. The molecule has 0 fully saturated rings. The third-order valence-electron chi connectivity index (χ3n) is 3.39. The highest BCUT2D eigenvalue weighted by molar-refractivity contribution is 5.64. The molecule has 0 saturated heterocycles. The van der Waals surface area contributed by atoms with E-state index in [4.69, 9.17) is 0 Å². The molecule has 0 aliphatic rings. The fourth-order valence-corrected chi connectivity index (χ4v) is 2.30. The predicted octanol–water partition coefficient (Wildman–Crippen LogP) is 2.42. The maximum atomic E-state index is 13.8. The van der Waals surface area contributed by atoms with E-state index >= 15 is 0 Å². The van der Waals surface area contributed by atoms with Gasteiger partial charge in [0.1, 0.15) is 5.69 Å². The number of hydrogen-bond donors (Lipinski definition) is 0. The minimum absolute atomic E-state index is 0.411. The first-order chi connectivity index (χ1) is 10.7. The van der Waals surface area contributed by atoms with Crippen LogP contribution in [-0.2, 0) is 0 Å². The summed E-state index contributed by atoms with van der Waals surface area (Å²) in [6.45, 7) is 1.91. The normalized spacial score (nSPS) is 11.2. The lowest BCUT2D eigenvalue weighted by Crippen LogP contribution is -1.97. The minimum Gasteiger partial charge on any atom is -0.235 e. The van der Waals surface area contributed by atoms with E-state index in [9.17, 15) is 4.39 Å². The van der Waals surface area contributed by atoms with E-state index in [0.29, 0.717) is 16.8 Å². The van der Waals surface area contributed by atoms with Crippen molar-refractivity contribution in [3.63, 3.8) is 0 Å². The van der Waals surface area contributed by atoms with Crippen molar-refractivity contribution in [2.24, 2.45) is 0 Å². The molecule has 0 amide bonds. The highest BCUT2D eigenvalue weighted by atomic mass is 19.1. The smallest absolute Gasteiger partial charge is 0.220 e. The maximum Gasteiger partial charge on any atom is 0.220 e. The molecule has 0 aromatic carbocycles. The van der Waals surface area contributed by atoms with E-state index < -0.39 is 5.95 Å². The lowest BCUT2D eigenvalue weighted by atomic mass is 10.2. The number of pyridine rings is 1. The van der Waals surface area contributed by atoms with Gasteiger partial charge in [-0.05, 0) is 25.1 Å². The van der Waals surface area contributed by atoms with Crippen LogP contribution in [0, 0.1) is 12.9 Å². The van der Waals surface area contributed by atoms with Crippen LogP contribution in [0.5, 0.6) is 0 Å². The standard InChI is InChI=1S/C15H11FN6/c1-10-4-6-21-15(20-10)13(8-19-21)22-9-11(7-18-22)12-3-2-5-17-14(12)16/h2-9H,1H3. The molecule has 0 N–H and O–H groups in total. The molecule has 108 valence electrons. The molecule has 4 aromatic rings. The average Bonchev–Trinajstić information content (AvgIpc) is 3.13. The van der Waals surface area contributed by atoms with E-state index in [1.807, 2.05) is 19.2 Å². The van der Waals surface area contributed by atoms with Crippen molar-refractivity contribution >= 4 is 5.65 Å². The first-order valence-electron chi connectivity index (χ1n) is 6.69. The molecular formula is C15H11FN6. The molecule has 22 heavy (non-hydrogen) atoms. The van der Waals surface area contributed by atoms with Crippen molar-refractivity contribution in [3.8, 4) is 16.8 Å². The van der Waals surface area contributed by atoms with Crippen molar-refractivity contribution in [2.45, 2.75) is 6.92 Å². The van der Waals surface area contributed by atoms with Gasteiger partial charge in [0, 0.05) is 35.4 Å². The zero-order valence-corrected chi connectivity index (χ0v) is 11.7. The fourth-order valence-electron chi connectivity index (χ4n) is 2.30. The Bertz CT molecular complexity index is 971. The van der Waals surface area contributed by atoms with E-state index in [1.165, 1.54) is 6.20 Å². The number of halogens is 1. The van der Waals surface area contributed by atoms with Crippen LogP contribution >= 0.6 is 0 Å². The molecule has 4 rings (SSSR count). The van der Waals surface area contributed by atoms with E-state index in [2.05, 4.69) is 20.2 Å². The van der Waals surface area contributed by atoms with E-state index in [-0.39, 0.29) is 0 Å². The molecule has 0 aliphatic carbocycles. The summed E-state index contributed by atoms with van der Waals surface area (Å²) in [6.07, 6.45) is 8.27. The summed E-state index contributed by atoms with van der Waals surface area (Å²) in [5.41, 5.74) is 3.38. The Morgan fingerprint density at radius 3 is 2.91 bits per heavy atom. The SMILES string of the molecule is Cc1ccn2ncc(-n3cc(-c4cccnc4F)cn3)c2n1. The summed E-state index contributed by atoms with van der Waals surface area (Å²) < 4.78 is 17.1. The lowest BCUT2D eigenvalue weighted by Gasteiger charge is -1.99. The molecule has 0 aliphatic heterocycles. The molecule has 4 aromatic heterocycles. The van der Waals surface area contributed by atoms with Crippen LogP contribution in [0.25, 0.3) is 22.5 Å². The van der Waals surface area contributed by atoms with Gasteiger partial charge in [-0.25, -0.2) is 19.2 Å². The molecule has 7 heteroatoms. The summed E-state index contributed by atoms with van der Waals surface area (Å²) in [5.74, 6) is -0.518. The Hall–Kier alpha value is -3.09. The van der Waals surface area contributed by atoms with Gasteiger partial charge in [-0.2, -0.15) is 14.6 Å². The molecule has 6 nitrogen and oxygen atoms in total. The monoisotopic (exact) mass is 294 g/mol. The fraction of sp³-hybridized carbons (Fsp3) is 0.0667. The van der Waals surface area contributed by atoms with Crippen LogP contribution in [0.2, 0.25) is 0 Å². The van der Waals surface area contributed by atoms with Crippen molar-refractivity contribution in [1.82, 2.24) is 29.4 Å². The molecule has 0 spiro atoms. The zero-order chi connectivity index (χ0) is 15.1. The Labute approximate surface area is 124 Å². The molecule has 0 atom stereocenters. The van der Waals surface area contributed by atoms with Crippen LogP contribution < -0.4 is 0 Å². The largest absolute Gasteiger partial charge is 0.235 e. The van der Waals surface area contributed by atoms with Gasteiger partial charge in [-0.15, -0.1) is 0 Å². The van der Waals surface area contributed by atoms with Crippen LogP contribution in [0.3, 0.4) is 0 Å². The highest BCUT2D eigenvalue weighted by Gasteiger charge is 2.12. The number of rotatable bonds is 2.